The number of methoxy groups -OCH3 is 1. The molecule has 1 aliphatic rings. The molecule has 0 radical (unpaired) electrons. The maximum absolute atomic E-state index is 12.8. The van der Waals surface area contributed by atoms with Crippen LogP contribution in [0.15, 0.2) is 41.5 Å². The molecule has 8 heteroatoms. The fourth-order valence-corrected chi connectivity index (χ4v) is 4.82. The van der Waals surface area contributed by atoms with Crippen molar-refractivity contribution in [1.29, 1.82) is 0 Å². The maximum atomic E-state index is 12.8. The average molecular weight is 459 g/mol. The van der Waals surface area contributed by atoms with Crippen LogP contribution in [0.4, 0.5) is 5.82 Å². The van der Waals surface area contributed by atoms with Crippen molar-refractivity contribution < 1.29 is 4.74 Å². The maximum Gasteiger partial charge on any atom is 0.351 e. The lowest BCUT2D eigenvalue weighted by molar-refractivity contribution is 0.155. The first-order chi connectivity index (χ1) is 16.4. The Balaban J connectivity index is 1.49. The molecular formula is C26H30N6O2. The summed E-state index contributed by atoms with van der Waals surface area (Å²) in [6, 6.07) is 8.61. The lowest BCUT2D eigenvalue weighted by atomic mass is 9.96. The number of ether oxygens (including phenoxy) is 1. The number of anilines is 1. The number of pyridine rings is 1. The molecule has 0 aliphatic carbocycles. The molecule has 1 unspecified atom stereocenters. The second kappa shape index (κ2) is 8.68. The van der Waals surface area contributed by atoms with E-state index >= 15 is 0 Å². The highest BCUT2D eigenvalue weighted by molar-refractivity contribution is 5.68. The normalized spacial score (nSPS) is 14.4. The molecule has 0 saturated carbocycles. The van der Waals surface area contributed by atoms with E-state index in [-0.39, 0.29) is 11.7 Å². The Hall–Kier alpha value is -3.52. The summed E-state index contributed by atoms with van der Waals surface area (Å²) in [4.78, 5) is 24.7. The Morgan fingerprint density at radius 1 is 1.15 bits per heavy atom. The number of rotatable bonds is 5. The third-order valence-corrected chi connectivity index (χ3v) is 6.55. The van der Waals surface area contributed by atoms with Crippen molar-refractivity contribution in [2.75, 3.05) is 25.2 Å². The first-order valence-corrected chi connectivity index (χ1v) is 11.6. The summed E-state index contributed by atoms with van der Waals surface area (Å²) in [5.74, 6) is 1.26. The zero-order valence-corrected chi connectivity index (χ0v) is 20.4. The van der Waals surface area contributed by atoms with Gasteiger partial charge in [0.2, 0.25) is 0 Å². The van der Waals surface area contributed by atoms with Crippen LogP contribution < -0.4 is 10.6 Å². The van der Waals surface area contributed by atoms with Gasteiger partial charge in [-0.2, -0.15) is 4.98 Å². The summed E-state index contributed by atoms with van der Waals surface area (Å²) in [7, 11) is 1.62. The fourth-order valence-electron chi connectivity index (χ4n) is 4.82. The Kier molecular flexibility index (Phi) is 5.69. The van der Waals surface area contributed by atoms with Gasteiger partial charge in [0, 0.05) is 55.8 Å². The highest BCUT2D eigenvalue weighted by Crippen LogP contribution is 2.29. The standard InChI is InChI=1S/C26H30N6O2/c1-16-6-7-22(17(2)10-16)20-11-21-14-30(9-8-23(21)27-12-20)24-18(3)13-31-25(28-24)29-32(26(31)33)19(4)15-34-5/h6-7,10-13,19H,8-9,14-15H2,1-5H3. The van der Waals surface area contributed by atoms with Crippen LogP contribution in [0.1, 0.15) is 40.9 Å². The van der Waals surface area contributed by atoms with Crippen molar-refractivity contribution in [3.05, 3.63) is 75.1 Å². The number of fused-ring (bicyclic) bond motifs is 2. The first kappa shape index (κ1) is 22.3. The van der Waals surface area contributed by atoms with Crippen LogP contribution >= 0.6 is 0 Å². The summed E-state index contributed by atoms with van der Waals surface area (Å²) in [5.41, 5.74) is 7.94. The highest BCUT2D eigenvalue weighted by atomic mass is 16.5. The van der Waals surface area contributed by atoms with Gasteiger partial charge in [-0.15, -0.1) is 5.10 Å². The van der Waals surface area contributed by atoms with Crippen molar-refractivity contribution >= 4 is 11.6 Å². The number of hydrogen-bond donors (Lipinski definition) is 0. The van der Waals surface area contributed by atoms with Crippen molar-refractivity contribution in [3.8, 4) is 11.1 Å². The lowest BCUT2D eigenvalue weighted by Crippen LogP contribution is -2.32. The molecule has 0 bridgehead atoms. The van der Waals surface area contributed by atoms with E-state index in [0.29, 0.717) is 12.4 Å². The molecule has 0 spiro atoms. The van der Waals surface area contributed by atoms with E-state index in [4.69, 9.17) is 14.7 Å². The predicted molar refractivity (Wildman–Crippen MR) is 132 cm³/mol. The van der Waals surface area contributed by atoms with Gasteiger partial charge in [-0.3, -0.25) is 4.98 Å². The van der Waals surface area contributed by atoms with Crippen LogP contribution in [0.25, 0.3) is 16.9 Å². The van der Waals surface area contributed by atoms with Gasteiger partial charge in [-0.1, -0.05) is 23.8 Å². The number of hydrogen-bond acceptors (Lipinski definition) is 6. The Morgan fingerprint density at radius 2 is 1.97 bits per heavy atom. The molecule has 1 aromatic carbocycles. The van der Waals surface area contributed by atoms with Gasteiger partial charge in [-0.25, -0.2) is 13.9 Å². The van der Waals surface area contributed by atoms with E-state index in [9.17, 15) is 4.79 Å². The van der Waals surface area contributed by atoms with Crippen LogP contribution in [0.5, 0.6) is 0 Å². The average Bonchev–Trinajstić information content (AvgIpc) is 3.13. The quantitative estimate of drug-likeness (QED) is 0.454. The Morgan fingerprint density at radius 3 is 2.74 bits per heavy atom. The van der Waals surface area contributed by atoms with Gasteiger partial charge in [0.05, 0.1) is 12.6 Å². The van der Waals surface area contributed by atoms with Crippen LogP contribution in [-0.2, 0) is 17.7 Å². The van der Waals surface area contributed by atoms with E-state index in [2.05, 4.69) is 48.1 Å². The van der Waals surface area contributed by atoms with Crippen molar-refractivity contribution in [2.45, 2.75) is 46.7 Å². The predicted octanol–water partition coefficient (Wildman–Crippen LogP) is 3.65. The van der Waals surface area contributed by atoms with Crippen LogP contribution in [0.2, 0.25) is 0 Å². The van der Waals surface area contributed by atoms with E-state index in [1.807, 2.05) is 26.2 Å². The molecule has 4 aromatic rings. The van der Waals surface area contributed by atoms with Crippen molar-refractivity contribution in [2.24, 2.45) is 0 Å². The summed E-state index contributed by atoms with van der Waals surface area (Å²) >= 11 is 0. The molecule has 0 fully saturated rings. The number of aryl methyl sites for hydroxylation is 3. The SMILES string of the molecule is COCC(C)n1nc2nc(N3CCc4ncc(-c5ccc(C)cc5C)cc4C3)c(C)cn2c1=O. The van der Waals surface area contributed by atoms with Gasteiger partial charge in [0.1, 0.15) is 5.82 Å². The molecule has 4 heterocycles. The molecule has 0 N–H and O–H groups in total. The summed E-state index contributed by atoms with van der Waals surface area (Å²) < 4.78 is 8.16. The summed E-state index contributed by atoms with van der Waals surface area (Å²) in [6.07, 6.45) is 4.67. The van der Waals surface area contributed by atoms with E-state index in [1.165, 1.54) is 31.3 Å². The van der Waals surface area contributed by atoms with Gasteiger partial charge in [-0.05, 0) is 50.5 Å². The molecule has 1 aliphatic heterocycles. The van der Waals surface area contributed by atoms with Crippen molar-refractivity contribution in [3.63, 3.8) is 0 Å². The minimum absolute atomic E-state index is 0.167. The number of aromatic nitrogens is 5. The second-order valence-corrected chi connectivity index (χ2v) is 9.27. The molecule has 34 heavy (non-hydrogen) atoms. The van der Waals surface area contributed by atoms with Crippen LogP contribution in [0.3, 0.4) is 0 Å². The summed E-state index contributed by atoms with van der Waals surface area (Å²) in [5, 5.41) is 4.48. The lowest BCUT2D eigenvalue weighted by Gasteiger charge is -2.30. The minimum atomic E-state index is -0.201. The smallest absolute Gasteiger partial charge is 0.351 e. The zero-order chi connectivity index (χ0) is 24.0. The van der Waals surface area contributed by atoms with Crippen LogP contribution in [-0.4, -0.2) is 44.4 Å². The van der Waals surface area contributed by atoms with E-state index in [1.54, 1.807) is 7.11 Å². The minimum Gasteiger partial charge on any atom is -0.382 e. The number of benzene rings is 1. The third kappa shape index (κ3) is 3.88. The second-order valence-electron chi connectivity index (χ2n) is 9.27. The van der Waals surface area contributed by atoms with Gasteiger partial charge in [0.25, 0.3) is 5.78 Å². The molecule has 5 rings (SSSR count). The van der Waals surface area contributed by atoms with E-state index < -0.39 is 0 Å². The van der Waals surface area contributed by atoms with Gasteiger partial charge in [0.15, 0.2) is 0 Å². The largest absolute Gasteiger partial charge is 0.382 e. The molecule has 0 amide bonds. The zero-order valence-electron chi connectivity index (χ0n) is 20.4. The molecule has 1 atom stereocenters. The summed E-state index contributed by atoms with van der Waals surface area (Å²) in [6.45, 7) is 10.1. The molecule has 0 saturated heterocycles. The van der Waals surface area contributed by atoms with Gasteiger partial charge < -0.3 is 9.64 Å². The monoisotopic (exact) mass is 458 g/mol. The Labute approximate surface area is 198 Å². The topological polar surface area (TPSA) is 77.6 Å². The molecule has 3 aromatic heterocycles. The van der Waals surface area contributed by atoms with Gasteiger partial charge >= 0.3 is 5.69 Å². The third-order valence-electron chi connectivity index (χ3n) is 6.55. The van der Waals surface area contributed by atoms with Crippen molar-refractivity contribution in [1.82, 2.24) is 24.1 Å². The molecule has 176 valence electrons. The molecular weight excluding hydrogens is 428 g/mol. The molecule has 8 nitrogen and oxygen atoms in total. The Bertz CT molecular complexity index is 1440. The highest BCUT2D eigenvalue weighted by Gasteiger charge is 2.23. The van der Waals surface area contributed by atoms with E-state index in [0.717, 1.165) is 42.1 Å². The number of nitrogens with zero attached hydrogens (tertiary/aromatic N) is 6. The van der Waals surface area contributed by atoms with Crippen LogP contribution in [0, 0.1) is 20.8 Å². The first-order valence-electron chi connectivity index (χ1n) is 11.6. The fraction of sp³-hybridized carbons (Fsp3) is 0.385.